The van der Waals surface area contributed by atoms with Gasteiger partial charge in [0.2, 0.25) is 15.9 Å². The van der Waals surface area contributed by atoms with E-state index in [2.05, 4.69) is 5.32 Å². The van der Waals surface area contributed by atoms with Gasteiger partial charge in [-0.3, -0.25) is 18.5 Å². The maximum Gasteiger partial charge on any atom is 0.308 e. The van der Waals surface area contributed by atoms with Gasteiger partial charge in [-0.05, 0) is 55.8 Å². The van der Waals surface area contributed by atoms with Crippen LogP contribution in [0.5, 0.6) is 0 Å². The number of aromatic nitrogens is 1. The highest BCUT2D eigenvalue weighted by Crippen LogP contribution is 2.26. The van der Waals surface area contributed by atoms with Crippen molar-refractivity contribution in [2.75, 3.05) is 15.9 Å². The molecule has 30 heavy (non-hydrogen) atoms. The van der Waals surface area contributed by atoms with Crippen LogP contribution in [0.3, 0.4) is 0 Å². The first kappa shape index (κ1) is 22.3. The highest BCUT2D eigenvalue weighted by molar-refractivity contribution is 7.92. The first-order valence-corrected chi connectivity index (χ1v) is 12.4. The molecule has 1 aromatic heterocycles. The Balaban J connectivity index is 1.93. The summed E-state index contributed by atoms with van der Waals surface area (Å²) in [6, 6.07) is 10.6. The van der Waals surface area contributed by atoms with E-state index in [4.69, 9.17) is 11.6 Å². The lowest BCUT2D eigenvalue weighted by Gasteiger charge is -2.30. The van der Waals surface area contributed by atoms with Gasteiger partial charge < -0.3 is 5.32 Å². The Morgan fingerprint density at radius 3 is 2.43 bits per heavy atom. The molecular weight excluding hydrogens is 446 g/mol. The first-order valence-electron chi connectivity index (χ1n) is 9.35. The predicted molar refractivity (Wildman–Crippen MR) is 123 cm³/mol. The van der Waals surface area contributed by atoms with E-state index in [-0.39, 0.29) is 11.3 Å². The van der Waals surface area contributed by atoms with Gasteiger partial charge >= 0.3 is 4.87 Å². The van der Waals surface area contributed by atoms with Crippen molar-refractivity contribution < 1.29 is 13.2 Å². The van der Waals surface area contributed by atoms with E-state index in [0.717, 1.165) is 32.1 Å². The molecule has 7 nitrogen and oxygen atoms in total. The number of carbonyl (C=O) groups is 1. The van der Waals surface area contributed by atoms with Crippen LogP contribution in [0.15, 0.2) is 47.3 Å². The van der Waals surface area contributed by atoms with Crippen LogP contribution in [0, 0.1) is 0 Å². The third kappa shape index (κ3) is 4.53. The van der Waals surface area contributed by atoms with E-state index in [1.165, 1.54) is 0 Å². The maximum atomic E-state index is 13.0. The van der Waals surface area contributed by atoms with Crippen molar-refractivity contribution in [3.63, 3.8) is 0 Å². The van der Waals surface area contributed by atoms with Gasteiger partial charge in [0.05, 0.1) is 22.2 Å². The number of rotatable bonds is 7. The highest BCUT2D eigenvalue weighted by Gasteiger charge is 2.31. The SMILES string of the molecule is CCC(C(=O)Nc1ccc2c(c1)sc(=O)n2CC)N(c1ccc(Cl)cc1)S(C)(=O)=O. The number of halogens is 1. The maximum absolute atomic E-state index is 13.0. The van der Waals surface area contributed by atoms with Crippen LogP contribution in [0.2, 0.25) is 5.02 Å². The number of thiazole rings is 1. The number of benzene rings is 2. The second-order valence-electron chi connectivity index (χ2n) is 6.74. The quantitative estimate of drug-likeness (QED) is 0.570. The predicted octanol–water partition coefficient (Wildman–Crippen LogP) is 3.92. The Labute approximate surface area is 183 Å². The number of fused-ring (bicyclic) bond motifs is 1. The summed E-state index contributed by atoms with van der Waals surface area (Å²) in [5, 5.41) is 3.26. The standard InChI is InChI=1S/C20H22ClN3O4S2/c1-4-16(24(30(3,27)28)15-9-6-13(21)7-10-15)19(25)22-14-8-11-17-18(12-14)29-20(26)23(17)5-2/h6-12,16H,4-5H2,1-3H3,(H,22,25). The molecule has 0 aliphatic carbocycles. The van der Waals surface area contributed by atoms with Crippen LogP contribution in [0.1, 0.15) is 20.3 Å². The number of sulfonamides is 1. The first-order chi connectivity index (χ1) is 14.2. The molecule has 1 N–H and O–H groups in total. The molecular formula is C20H22ClN3O4S2. The molecule has 2 aromatic carbocycles. The van der Waals surface area contributed by atoms with E-state index in [1.807, 2.05) is 6.92 Å². The zero-order valence-electron chi connectivity index (χ0n) is 16.8. The fourth-order valence-electron chi connectivity index (χ4n) is 3.32. The molecule has 0 fully saturated rings. The lowest BCUT2D eigenvalue weighted by atomic mass is 10.1. The normalized spacial score (nSPS) is 12.7. The van der Waals surface area contributed by atoms with Crippen LogP contribution >= 0.6 is 22.9 Å². The molecule has 160 valence electrons. The lowest BCUT2D eigenvalue weighted by Crippen LogP contribution is -2.46. The summed E-state index contributed by atoms with van der Waals surface area (Å²) in [6.07, 6.45) is 1.33. The molecule has 0 aliphatic rings. The Morgan fingerprint density at radius 1 is 1.20 bits per heavy atom. The van der Waals surface area contributed by atoms with Crippen molar-refractivity contribution in [3.8, 4) is 0 Å². The molecule has 0 bridgehead atoms. The lowest BCUT2D eigenvalue weighted by molar-refractivity contribution is -0.117. The van der Waals surface area contributed by atoms with Crippen molar-refractivity contribution in [2.45, 2.75) is 32.9 Å². The molecule has 0 radical (unpaired) electrons. The number of nitrogens with zero attached hydrogens (tertiary/aromatic N) is 2. The van der Waals surface area contributed by atoms with Crippen LogP contribution in [-0.2, 0) is 21.4 Å². The van der Waals surface area contributed by atoms with E-state index >= 15 is 0 Å². The van der Waals surface area contributed by atoms with E-state index in [0.29, 0.717) is 22.9 Å². The number of hydrogen-bond acceptors (Lipinski definition) is 5. The largest absolute Gasteiger partial charge is 0.324 e. The fraction of sp³-hybridized carbons (Fsp3) is 0.300. The Kier molecular flexibility index (Phi) is 6.54. The fourth-order valence-corrected chi connectivity index (χ4v) is 5.65. The molecule has 1 atom stereocenters. The van der Waals surface area contributed by atoms with Crippen molar-refractivity contribution >= 4 is 60.5 Å². The summed E-state index contributed by atoms with van der Waals surface area (Å²) in [4.78, 5) is 25.0. The number of anilines is 2. The minimum Gasteiger partial charge on any atom is -0.324 e. The van der Waals surface area contributed by atoms with Gasteiger partial charge in [0.1, 0.15) is 6.04 Å². The molecule has 1 unspecified atom stereocenters. The van der Waals surface area contributed by atoms with Gasteiger partial charge in [-0.2, -0.15) is 0 Å². The summed E-state index contributed by atoms with van der Waals surface area (Å²) < 4.78 is 28.5. The molecule has 1 amide bonds. The molecule has 3 rings (SSSR count). The molecule has 10 heteroatoms. The van der Waals surface area contributed by atoms with Crippen molar-refractivity contribution in [3.05, 3.63) is 57.2 Å². The monoisotopic (exact) mass is 467 g/mol. The molecule has 0 saturated carbocycles. The summed E-state index contributed by atoms with van der Waals surface area (Å²) in [5.74, 6) is -0.459. The molecule has 0 saturated heterocycles. The Hall–Kier alpha value is -2.36. The van der Waals surface area contributed by atoms with Gasteiger partial charge in [-0.25, -0.2) is 8.42 Å². The van der Waals surface area contributed by atoms with Crippen LogP contribution in [0.4, 0.5) is 11.4 Å². The van der Waals surface area contributed by atoms with Gasteiger partial charge in [0.15, 0.2) is 0 Å². The number of amides is 1. The summed E-state index contributed by atoms with van der Waals surface area (Å²) >= 11 is 7.02. The van der Waals surface area contributed by atoms with E-state index in [9.17, 15) is 18.0 Å². The second kappa shape index (κ2) is 8.79. The molecule has 0 spiro atoms. The zero-order chi connectivity index (χ0) is 22.1. The molecule has 3 aromatic rings. The van der Waals surface area contributed by atoms with Crippen LogP contribution in [0.25, 0.3) is 10.2 Å². The topological polar surface area (TPSA) is 88.5 Å². The Bertz CT molecular complexity index is 1230. The zero-order valence-corrected chi connectivity index (χ0v) is 19.1. The smallest absolute Gasteiger partial charge is 0.308 e. The third-order valence-corrected chi connectivity index (χ3v) is 7.04. The van der Waals surface area contributed by atoms with Crippen LogP contribution in [-0.4, -0.2) is 31.2 Å². The number of aryl methyl sites for hydroxylation is 1. The van der Waals surface area contributed by atoms with Gasteiger partial charge in [-0.1, -0.05) is 29.9 Å². The summed E-state index contributed by atoms with van der Waals surface area (Å²) in [7, 11) is -3.73. The van der Waals surface area contributed by atoms with Gasteiger partial charge in [0, 0.05) is 17.3 Å². The molecule has 1 heterocycles. The minimum atomic E-state index is -3.73. The minimum absolute atomic E-state index is 0.0617. The summed E-state index contributed by atoms with van der Waals surface area (Å²) in [6.45, 7) is 4.20. The van der Waals surface area contributed by atoms with Crippen molar-refractivity contribution in [2.24, 2.45) is 0 Å². The number of carbonyl (C=O) groups excluding carboxylic acids is 1. The number of hydrogen-bond donors (Lipinski definition) is 1. The van der Waals surface area contributed by atoms with Crippen LogP contribution < -0.4 is 14.5 Å². The van der Waals surface area contributed by atoms with Gasteiger partial charge in [0.25, 0.3) is 0 Å². The Morgan fingerprint density at radius 2 is 1.87 bits per heavy atom. The average molecular weight is 468 g/mol. The third-order valence-electron chi connectivity index (χ3n) is 4.66. The van der Waals surface area contributed by atoms with E-state index < -0.39 is 22.0 Å². The second-order valence-corrected chi connectivity index (χ2v) is 10.0. The average Bonchev–Trinajstić information content (AvgIpc) is 3.00. The number of nitrogens with one attached hydrogen (secondary N) is 1. The molecule has 0 aliphatic heterocycles. The van der Waals surface area contributed by atoms with Crippen molar-refractivity contribution in [1.29, 1.82) is 0 Å². The van der Waals surface area contributed by atoms with Crippen molar-refractivity contribution in [1.82, 2.24) is 4.57 Å². The highest BCUT2D eigenvalue weighted by atomic mass is 35.5. The van der Waals surface area contributed by atoms with Gasteiger partial charge in [-0.15, -0.1) is 0 Å². The van der Waals surface area contributed by atoms with E-state index in [1.54, 1.807) is 54.0 Å². The summed E-state index contributed by atoms with van der Waals surface area (Å²) in [5.41, 5.74) is 1.66.